The van der Waals surface area contributed by atoms with Crippen LogP contribution < -0.4 is 10.2 Å². The number of amides is 1. The molecule has 2 aromatic rings. The maximum absolute atomic E-state index is 12.2. The lowest BCUT2D eigenvalue weighted by Crippen LogP contribution is -2.30. The van der Waals surface area contributed by atoms with Gasteiger partial charge in [0.15, 0.2) is 11.5 Å². The lowest BCUT2D eigenvalue weighted by molar-refractivity contribution is 0.102. The van der Waals surface area contributed by atoms with Gasteiger partial charge in [-0.05, 0) is 56.0 Å². The van der Waals surface area contributed by atoms with Gasteiger partial charge in [0, 0.05) is 23.8 Å². The molecule has 1 aromatic heterocycles. The van der Waals surface area contributed by atoms with Gasteiger partial charge in [0.1, 0.15) is 0 Å². The monoisotopic (exact) mass is 330 g/mol. The summed E-state index contributed by atoms with van der Waals surface area (Å²) in [6.45, 7) is 3.92. The number of hydrogen-bond acceptors (Lipinski definition) is 4. The number of anilines is 2. The first-order valence-electron chi connectivity index (χ1n) is 7.80. The standard InChI is InChI=1S/C17H19ClN4O/c1-12-5-6-13(11-14(12)18)19-17(23)15-7-8-16(21-20-15)22-9-3-2-4-10-22/h5-8,11H,2-4,9-10H2,1H3,(H,19,23). The van der Waals surface area contributed by atoms with E-state index in [1.165, 1.54) is 19.3 Å². The van der Waals surface area contributed by atoms with E-state index in [0.29, 0.717) is 16.4 Å². The fourth-order valence-corrected chi connectivity index (χ4v) is 2.78. The molecule has 23 heavy (non-hydrogen) atoms. The molecule has 1 fully saturated rings. The highest BCUT2D eigenvalue weighted by Crippen LogP contribution is 2.21. The summed E-state index contributed by atoms with van der Waals surface area (Å²) in [6.07, 6.45) is 3.62. The molecule has 0 atom stereocenters. The second kappa shape index (κ2) is 6.96. The van der Waals surface area contributed by atoms with E-state index in [0.717, 1.165) is 24.5 Å². The molecule has 1 saturated heterocycles. The quantitative estimate of drug-likeness (QED) is 0.932. The molecule has 0 unspecified atom stereocenters. The molecular weight excluding hydrogens is 312 g/mol. The smallest absolute Gasteiger partial charge is 0.276 e. The van der Waals surface area contributed by atoms with Crippen molar-refractivity contribution in [3.8, 4) is 0 Å². The first kappa shape index (κ1) is 15.7. The third-order valence-corrected chi connectivity index (χ3v) is 4.40. The number of nitrogens with zero attached hydrogens (tertiary/aromatic N) is 3. The van der Waals surface area contributed by atoms with E-state index < -0.39 is 0 Å². The third kappa shape index (κ3) is 3.79. The van der Waals surface area contributed by atoms with Crippen molar-refractivity contribution >= 4 is 29.0 Å². The summed E-state index contributed by atoms with van der Waals surface area (Å²) < 4.78 is 0. The zero-order valence-corrected chi connectivity index (χ0v) is 13.8. The molecule has 0 radical (unpaired) electrons. The van der Waals surface area contributed by atoms with Crippen molar-refractivity contribution in [2.75, 3.05) is 23.3 Å². The fraction of sp³-hybridized carbons (Fsp3) is 0.353. The van der Waals surface area contributed by atoms with Gasteiger partial charge in [0.25, 0.3) is 5.91 Å². The van der Waals surface area contributed by atoms with Gasteiger partial charge in [-0.15, -0.1) is 10.2 Å². The molecule has 1 aromatic carbocycles. The molecule has 0 bridgehead atoms. The zero-order chi connectivity index (χ0) is 16.2. The van der Waals surface area contributed by atoms with Crippen LogP contribution in [-0.2, 0) is 0 Å². The van der Waals surface area contributed by atoms with Crippen LogP contribution >= 0.6 is 11.6 Å². The first-order valence-corrected chi connectivity index (χ1v) is 8.17. The maximum atomic E-state index is 12.2. The van der Waals surface area contributed by atoms with E-state index in [9.17, 15) is 4.79 Å². The molecule has 0 aliphatic carbocycles. The van der Waals surface area contributed by atoms with Gasteiger partial charge in [-0.2, -0.15) is 0 Å². The topological polar surface area (TPSA) is 58.1 Å². The Hall–Kier alpha value is -2.14. The number of carbonyl (C=O) groups is 1. The predicted octanol–water partition coefficient (Wildman–Crippen LogP) is 3.68. The fourth-order valence-electron chi connectivity index (χ4n) is 2.60. The van der Waals surface area contributed by atoms with Gasteiger partial charge in [-0.25, -0.2) is 0 Å². The van der Waals surface area contributed by atoms with Crippen molar-refractivity contribution < 1.29 is 4.79 Å². The molecule has 0 spiro atoms. The summed E-state index contributed by atoms with van der Waals surface area (Å²) in [6, 6.07) is 8.97. The number of piperidine rings is 1. The van der Waals surface area contributed by atoms with Gasteiger partial charge in [-0.3, -0.25) is 4.79 Å². The minimum Gasteiger partial charge on any atom is -0.355 e. The largest absolute Gasteiger partial charge is 0.355 e. The van der Waals surface area contributed by atoms with Gasteiger partial charge in [0.05, 0.1) is 0 Å². The molecule has 6 heteroatoms. The van der Waals surface area contributed by atoms with E-state index in [1.54, 1.807) is 12.1 Å². The molecule has 1 N–H and O–H groups in total. The minimum absolute atomic E-state index is 0.289. The lowest BCUT2D eigenvalue weighted by Gasteiger charge is -2.27. The van der Waals surface area contributed by atoms with Crippen LogP contribution in [0.2, 0.25) is 5.02 Å². The zero-order valence-electron chi connectivity index (χ0n) is 13.1. The highest BCUT2D eigenvalue weighted by Gasteiger charge is 2.14. The molecule has 1 aliphatic rings. The Kier molecular flexibility index (Phi) is 4.76. The number of halogens is 1. The van der Waals surface area contributed by atoms with Crippen molar-refractivity contribution in [3.63, 3.8) is 0 Å². The number of aryl methyl sites for hydroxylation is 1. The van der Waals surface area contributed by atoms with Gasteiger partial charge in [0.2, 0.25) is 0 Å². The van der Waals surface area contributed by atoms with Gasteiger partial charge >= 0.3 is 0 Å². The summed E-state index contributed by atoms with van der Waals surface area (Å²) in [7, 11) is 0. The van der Waals surface area contributed by atoms with Crippen molar-refractivity contribution in [2.45, 2.75) is 26.2 Å². The minimum atomic E-state index is -0.289. The van der Waals surface area contributed by atoms with Crippen LogP contribution in [0, 0.1) is 6.92 Å². The van der Waals surface area contributed by atoms with E-state index in [4.69, 9.17) is 11.6 Å². The lowest BCUT2D eigenvalue weighted by atomic mass is 10.1. The average molecular weight is 331 g/mol. The van der Waals surface area contributed by atoms with E-state index in [-0.39, 0.29) is 5.91 Å². The summed E-state index contributed by atoms with van der Waals surface area (Å²) in [4.78, 5) is 14.4. The highest BCUT2D eigenvalue weighted by atomic mass is 35.5. The third-order valence-electron chi connectivity index (χ3n) is 3.99. The van der Waals surface area contributed by atoms with Crippen LogP contribution in [0.5, 0.6) is 0 Å². The van der Waals surface area contributed by atoms with Gasteiger partial charge < -0.3 is 10.2 Å². The van der Waals surface area contributed by atoms with Crippen LogP contribution in [0.25, 0.3) is 0 Å². The van der Waals surface area contributed by atoms with E-state index in [2.05, 4.69) is 20.4 Å². The maximum Gasteiger partial charge on any atom is 0.276 e. The Labute approximate surface area is 140 Å². The molecule has 0 saturated carbocycles. The SMILES string of the molecule is Cc1ccc(NC(=O)c2ccc(N3CCCCC3)nn2)cc1Cl. The molecule has 1 amide bonds. The second-order valence-corrected chi connectivity index (χ2v) is 6.15. The molecule has 5 nitrogen and oxygen atoms in total. The number of nitrogens with one attached hydrogen (secondary N) is 1. The summed E-state index contributed by atoms with van der Waals surface area (Å²) in [5.41, 5.74) is 1.91. The van der Waals surface area contributed by atoms with Crippen LogP contribution in [0.1, 0.15) is 35.3 Å². The van der Waals surface area contributed by atoms with Gasteiger partial charge in [-0.1, -0.05) is 17.7 Å². The van der Waals surface area contributed by atoms with E-state index in [1.807, 2.05) is 25.1 Å². The Bertz CT molecular complexity index is 696. The molecule has 2 heterocycles. The Morgan fingerprint density at radius 3 is 2.57 bits per heavy atom. The van der Waals surface area contributed by atoms with Crippen molar-refractivity contribution in [2.24, 2.45) is 0 Å². The van der Waals surface area contributed by atoms with Crippen molar-refractivity contribution in [1.29, 1.82) is 0 Å². The average Bonchev–Trinajstić information content (AvgIpc) is 2.59. The Balaban J connectivity index is 1.68. The van der Waals surface area contributed by atoms with Crippen molar-refractivity contribution in [3.05, 3.63) is 46.6 Å². The summed E-state index contributed by atoms with van der Waals surface area (Å²) >= 11 is 6.07. The Morgan fingerprint density at radius 1 is 1.13 bits per heavy atom. The number of rotatable bonds is 3. The first-order chi connectivity index (χ1) is 11.1. The second-order valence-electron chi connectivity index (χ2n) is 5.74. The normalized spacial score (nSPS) is 14.6. The number of aromatic nitrogens is 2. The Morgan fingerprint density at radius 2 is 1.91 bits per heavy atom. The van der Waals surface area contributed by atoms with Crippen LogP contribution in [0.15, 0.2) is 30.3 Å². The van der Waals surface area contributed by atoms with Crippen molar-refractivity contribution in [1.82, 2.24) is 10.2 Å². The number of hydrogen-bond donors (Lipinski definition) is 1. The number of carbonyl (C=O) groups excluding carboxylic acids is 1. The van der Waals surface area contributed by atoms with Crippen LogP contribution in [0.4, 0.5) is 11.5 Å². The summed E-state index contributed by atoms with van der Waals surface area (Å²) in [5.74, 6) is 0.544. The van der Waals surface area contributed by atoms with E-state index >= 15 is 0 Å². The van der Waals surface area contributed by atoms with Crippen LogP contribution in [-0.4, -0.2) is 29.2 Å². The molecule has 3 rings (SSSR count). The summed E-state index contributed by atoms with van der Waals surface area (Å²) in [5, 5.41) is 11.6. The molecule has 120 valence electrons. The predicted molar refractivity (Wildman–Crippen MR) is 92.2 cm³/mol. The highest BCUT2D eigenvalue weighted by molar-refractivity contribution is 6.31. The number of benzene rings is 1. The molecular formula is C17H19ClN4O. The molecule has 1 aliphatic heterocycles. The van der Waals surface area contributed by atoms with Crippen LogP contribution in [0.3, 0.4) is 0 Å².